The van der Waals surface area contributed by atoms with E-state index in [-0.39, 0.29) is 16.8 Å². The maximum Gasteiger partial charge on any atom is 0.211 e. The molecule has 0 N–H and O–H groups in total. The zero-order valence-electron chi connectivity index (χ0n) is 16.4. The molecule has 0 bridgehead atoms. The molecule has 0 aliphatic rings. The normalized spacial score (nSPS) is 11.6. The molecule has 0 fully saturated rings. The van der Waals surface area contributed by atoms with E-state index in [9.17, 15) is 17.6 Å². The van der Waals surface area contributed by atoms with Crippen molar-refractivity contribution >= 4 is 32.3 Å². The molecule has 31 heavy (non-hydrogen) atoms. The molecule has 0 unspecified atom stereocenters. The standard InChI is InChI=1S/C23H17ClFNO4S/c1-30-18-7-2-15(3-8-18)13-26-14-22(23(27)20-12-17(25)6-11-21(20)26)31(28,29)19-9-4-16(24)5-10-19/h2-12,14H,13H2,1H3. The van der Waals surface area contributed by atoms with Crippen molar-refractivity contribution in [3.05, 3.63) is 99.6 Å². The van der Waals surface area contributed by atoms with E-state index in [2.05, 4.69) is 0 Å². The topological polar surface area (TPSA) is 65.4 Å². The van der Waals surface area contributed by atoms with Gasteiger partial charge in [-0.25, -0.2) is 12.8 Å². The Morgan fingerprint density at radius 3 is 2.32 bits per heavy atom. The molecule has 4 rings (SSSR count). The molecule has 4 aromatic rings. The van der Waals surface area contributed by atoms with Crippen molar-refractivity contribution in [3.63, 3.8) is 0 Å². The summed E-state index contributed by atoms with van der Waals surface area (Å²) in [5.41, 5.74) is 0.526. The lowest BCUT2D eigenvalue weighted by molar-refractivity contribution is 0.414. The fourth-order valence-corrected chi connectivity index (χ4v) is 4.83. The molecule has 1 aromatic heterocycles. The molecule has 5 nitrogen and oxygen atoms in total. The van der Waals surface area contributed by atoms with Gasteiger partial charge in [0, 0.05) is 23.2 Å². The minimum atomic E-state index is -4.15. The molecule has 3 aromatic carbocycles. The van der Waals surface area contributed by atoms with Crippen molar-refractivity contribution in [1.82, 2.24) is 4.57 Å². The van der Waals surface area contributed by atoms with Gasteiger partial charge in [-0.05, 0) is 60.2 Å². The van der Waals surface area contributed by atoms with Crippen molar-refractivity contribution in [1.29, 1.82) is 0 Å². The number of rotatable bonds is 5. The van der Waals surface area contributed by atoms with E-state index in [0.29, 0.717) is 16.3 Å². The summed E-state index contributed by atoms with van der Waals surface area (Å²) in [7, 11) is -2.59. The van der Waals surface area contributed by atoms with Gasteiger partial charge in [0.1, 0.15) is 16.5 Å². The van der Waals surface area contributed by atoms with Gasteiger partial charge in [-0.1, -0.05) is 23.7 Å². The SMILES string of the molecule is COc1ccc(Cn2cc(S(=O)(=O)c3ccc(Cl)cc3)c(=O)c3cc(F)ccc32)cc1. The number of fused-ring (bicyclic) bond motifs is 1. The number of hydrogen-bond donors (Lipinski definition) is 0. The molecule has 158 valence electrons. The molecule has 0 aliphatic carbocycles. The van der Waals surface area contributed by atoms with Crippen molar-refractivity contribution < 1.29 is 17.5 Å². The van der Waals surface area contributed by atoms with Crippen LogP contribution in [-0.4, -0.2) is 20.1 Å². The fourth-order valence-electron chi connectivity index (χ4n) is 3.33. The second-order valence-electron chi connectivity index (χ2n) is 6.92. The Kier molecular flexibility index (Phi) is 5.56. The predicted octanol–water partition coefficient (Wildman–Crippen LogP) is 4.68. The van der Waals surface area contributed by atoms with Crippen LogP contribution < -0.4 is 10.2 Å². The Bertz CT molecular complexity index is 1430. The third-order valence-electron chi connectivity index (χ3n) is 4.93. The molecule has 0 atom stereocenters. The van der Waals surface area contributed by atoms with E-state index in [4.69, 9.17) is 16.3 Å². The van der Waals surface area contributed by atoms with Crippen LogP contribution >= 0.6 is 11.6 Å². The number of hydrogen-bond acceptors (Lipinski definition) is 4. The second-order valence-corrected chi connectivity index (χ2v) is 9.27. The van der Waals surface area contributed by atoms with Gasteiger partial charge >= 0.3 is 0 Å². The zero-order valence-corrected chi connectivity index (χ0v) is 18.0. The van der Waals surface area contributed by atoms with Crippen LogP contribution in [0.1, 0.15) is 5.56 Å². The van der Waals surface area contributed by atoms with E-state index in [1.807, 2.05) is 12.1 Å². The number of aromatic nitrogens is 1. The van der Waals surface area contributed by atoms with Gasteiger partial charge in [0.2, 0.25) is 15.3 Å². The van der Waals surface area contributed by atoms with Crippen molar-refractivity contribution in [2.45, 2.75) is 16.3 Å². The monoisotopic (exact) mass is 457 g/mol. The third kappa shape index (κ3) is 4.06. The molecular weight excluding hydrogens is 441 g/mol. The Morgan fingerprint density at radius 1 is 1.00 bits per heavy atom. The molecule has 0 radical (unpaired) electrons. The lowest BCUT2D eigenvalue weighted by Crippen LogP contribution is -2.20. The first-order chi connectivity index (χ1) is 14.8. The first-order valence-corrected chi connectivity index (χ1v) is 11.1. The third-order valence-corrected chi connectivity index (χ3v) is 6.95. The average Bonchev–Trinajstić information content (AvgIpc) is 2.76. The van der Waals surface area contributed by atoms with Crippen LogP contribution in [0.25, 0.3) is 10.9 Å². The summed E-state index contributed by atoms with van der Waals surface area (Å²) in [4.78, 5) is 12.6. The van der Waals surface area contributed by atoms with Gasteiger partial charge in [-0.2, -0.15) is 0 Å². The van der Waals surface area contributed by atoms with Crippen LogP contribution in [0, 0.1) is 5.82 Å². The Morgan fingerprint density at radius 2 is 1.68 bits per heavy atom. The van der Waals surface area contributed by atoms with E-state index in [0.717, 1.165) is 11.6 Å². The van der Waals surface area contributed by atoms with Crippen molar-refractivity contribution in [2.75, 3.05) is 7.11 Å². The maximum atomic E-state index is 13.9. The van der Waals surface area contributed by atoms with E-state index in [1.54, 1.807) is 23.8 Å². The quantitative estimate of drug-likeness (QED) is 0.436. The minimum absolute atomic E-state index is 0.0106. The molecule has 8 heteroatoms. The number of halogens is 2. The number of methoxy groups -OCH3 is 1. The average molecular weight is 458 g/mol. The Labute approximate surface area is 183 Å². The van der Waals surface area contributed by atoms with Crippen molar-refractivity contribution in [2.24, 2.45) is 0 Å². The van der Waals surface area contributed by atoms with E-state index in [1.165, 1.54) is 42.6 Å². The summed E-state index contributed by atoms with van der Waals surface area (Å²) < 4.78 is 47.1. The Balaban J connectivity index is 1.92. The van der Waals surface area contributed by atoms with Crippen LogP contribution in [0.4, 0.5) is 4.39 Å². The maximum absolute atomic E-state index is 13.9. The van der Waals surface area contributed by atoms with Crippen molar-refractivity contribution in [3.8, 4) is 5.75 Å². The van der Waals surface area contributed by atoms with Gasteiger partial charge in [0.25, 0.3) is 0 Å². The highest BCUT2D eigenvalue weighted by atomic mass is 35.5. The van der Waals surface area contributed by atoms with E-state index >= 15 is 0 Å². The summed E-state index contributed by atoms with van der Waals surface area (Å²) in [6.45, 7) is 0.273. The number of ether oxygens (including phenoxy) is 1. The lowest BCUT2D eigenvalue weighted by atomic mass is 10.1. The fraction of sp³-hybridized carbons (Fsp3) is 0.0870. The van der Waals surface area contributed by atoms with Gasteiger partial charge in [-0.3, -0.25) is 4.79 Å². The first-order valence-electron chi connectivity index (χ1n) is 9.26. The number of sulfone groups is 1. The highest BCUT2D eigenvalue weighted by molar-refractivity contribution is 7.91. The summed E-state index contributed by atoms with van der Waals surface area (Å²) in [5.74, 6) is 0.0585. The van der Waals surface area contributed by atoms with E-state index < -0.39 is 26.0 Å². The largest absolute Gasteiger partial charge is 0.497 e. The number of benzene rings is 3. The van der Waals surface area contributed by atoms with Crippen LogP contribution in [0.15, 0.2) is 87.5 Å². The van der Waals surface area contributed by atoms with Gasteiger partial charge in [0.15, 0.2) is 0 Å². The second kappa shape index (κ2) is 8.17. The van der Waals surface area contributed by atoms with Crippen LogP contribution in [0.5, 0.6) is 5.75 Å². The zero-order chi connectivity index (χ0) is 22.2. The number of nitrogens with zero attached hydrogens (tertiary/aromatic N) is 1. The van der Waals surface area contributed by atoms with Crippen LogP contribution in [-0.2, 0) is 16.4 Å². The minimum Gasteiger partial charge on any atom is -0.497 e. The highest BCUT2D eigenvalue weighted by Gasteiger charge is 2.24. The molecule has 0 saturated carbocycles. The molecule has 0 aliphatic heterocycles. The van der Waals surface area contributed by atoms with Gasteiger partial charge in [0.05, 0.1) is 17.5 Å². The highest BCUT2D eigenvalue weighted by Crippen LogP contribution is 2.24. The molecule has 0 spiro atoms. The smallest absolute Gasteiger partial charge is 0.211 e. The summed E-state index contributed by atoms with van der Waals surface area (Å²) in [5, 5.41) is 0.361. The first kappa shape index (κ1) is 21.1. The Hall–Kier alpha value is -3.16. The van der Waals surface area contributed by atoms with Gasteiger partial charge < -0.3 is 9.30 Å². The predicted molar refractivity (Wildman–Crippen MR) is 117 cm³/mol. The van der Waals surface area contributed by atoms with Crippen LogP contribution in [0.2, 0.25) is 5.02 Å². The molecule has 0 saturated heterocycles. The number of pyridine rings is 1. The summed E-state index contributed by atoms with van der Waals surface area (Å²) in [6, 6.07) is 16.5. The lowest BCUT2D eigenvalue weighted by Gasteiger charge is -2.14. The van der Waals surface area contributed by atoms with Gasteiger partial charge in [-0.15, -0.1) is 0 Å². The molecule has 0 amide bonds. The summed E-state index contributed by atoms with van der Waals surface area (Å²) in [6.07, 6.45) is 1.30. The van der Waals surface area contributed by atoms with Crippen LogP contribution in [0.3, 0.4) is 0 Å². The molecule has 1 heterocycles. The molecular formula is C23H17ClFNO4S. The summed E-state index contributed by atoms with van der Waals surface area (Å²) >= 11 is 5.86.